The van der Waals surface area contributed by atoms with E-state index in [0.717, 1.165) is 18.4 Å². The monoisotopic (exact) mass is 211 g/mol. The Labute approximate surface area is 88.5 Å². The van der Waals surface area contributed by atoms with Gasteiger partial charge in [-0.2, -0.15) is 0 Å². The molecule has 0 atom stereocenters. The van der Waals surface area contributed by atoms with E-state index in [9.17, 15) is 8.78 Å². The van der Waals surface area contributed by atoms with Crippen LogP contribution in [0.1, 0.15) is 24.8 Å². The van der Waals surface area contributed by atoms with Gasteiger partial charge in [0, 0.05) is 5.54 Å². The maximum absolute atomic E-state index is 13.0. The summed E-state index contributed by atoms with van der Waals surface area (Å²) in [6.07, 6.45) is 2.56. The van der Waals surface area contributed by atoms with Gasteiger partial charge in [0.15, 0.2) is 0 Å². The van der Waals surface area contributed by atoms with Crippen LogP contribution in [0.25, 0.3) is 0 Å². The second-order valence-corrected chi connectivity index (χ2v) is 4.06. The fourth-order valence-corrected chi connectivity index (χ4v) is 1.87. The summed E-state index contributed by atoms with van der Waals surface area (Å²) in [5, 5.41) is 3.31. The molecule has 1 fully saturated rings. The minimum Gasteiger partial charge on any atom is -0.307 e. The van der Waals surface area contributed by atoms with Gasteiger partial charge in [-0.1, -0.05) is 12.1 Å². The van der Waals surface area contributed by atoms with E-state index in [4.69, 9.17) is 0 Å². The zero-order valence-corrected chi connectivity index (χ0v) is 8.60. The van der Waals surface area contributed by atoms with Gasteiger partial charge in [-0.05, 0) is 43.5 Å². The smallest absolute Gasteiger partial charge is 0.123 e. The molecule has 1 N–H and O–H groups in total. The minimum absolute atomic E-state index is 0.0722. The highest BCUT2D eigenvalue weighted by Gasteiger charge is 2.43. The van der Waals surface area contributed by atoms with Crippen molar-refractivity contribution in [2.24, 2.45) is 0 Å². The Kier molecular flexibility index (Phi) is 3.00. The van der Waals surface area contributed by atoms with E-state index in [0.29, 0.717) is 13.0 Å². The van der Waals surface area contributed by atoms with Gasteiger partial charge >= 0.3 is 0 Å². The van der Waals surface area contributed by atoms with Crippen molar-refractivity contribution in [1.29, 1.82) is 0 Å². The van der Waals surface area contributed by atoms with Gasteiger partial charge in [-0.25, -0.2) is 4.39 Å². The lowest BCUT2D eigenvalue weighted by molar-refractivity contribution is 0.431. The summed E-state index contributed by atoms with van der Waals surface area (Å²) < 4.78 is 25.0. The summed E-state index contributed by atoms with van der Waals surface area (Å²) >= 11 is 0. The fourth-order valence-electron chi connectivity index (χ4n) is 1.87. The number of hydrogen-bond donors (Lipinski definition) is 1. The zero-order valence-electron chi connectivity index (χ0n) is 8.60. The molecule has 1 saturated carbocycles. The molecule has 1 aromatic rings. The number of rotatable bonds is 5. The largest absolute Gasteiger partial charge is 0.307 e. The average Bonchev–Trinajstić information content (AvgIpc) is 3.00. The maximum atomic E-state index is 13.0. The highest BCUT2D eigenvalue weighted by atomic mass is 19.1. The third-order valence-electron chi connectivity index (χ3n) is 2.90. The fraction of sp³-hybridized carbons (Fsp3) is 0.500. The molecule has 0 radical (unpaired) electrons. The van der Waals surface area contributed by atoms with Crippen LogP contribution < -0.4 is 5.32 Å². The molecule has 82 valence electrons. The summed E-state index contributed by atoms with van der Waals surface area (Å²) in [5.41, 5.74) is 0.915. The van der Waals surface area contributed by atoms with Crippen molar-refractivity contribution in [2.75, 3.05) is 13.2 Å². The van der Waals surface area contributed by atoms with Gasteiger partial charge in [0.2, 0.25) is 0 Å². The molecule has 2 rings (SSSR count). The molecule has 0 spiro atoms. The van der Waals surface area contributed by atoms with Crippen LogP contribution >= 0.6 is 0 Å². The first kappa shape index (κ1) is 10.6. The van der Waals surface area contributed by atoms with Crippen molar-refractivity contribution in [3.63, 3.8) is 0 Å². The van der Waals surface area contributed by atoms with Crippen LogP contribution in [0.15, 0.2) is 24.3 Å². The maximum Gasteiger partial charge on any atom is 0.123 e. The van der Waals surface area contributed by atoms with E-state index in [1.54, 1.807) is 12.1 Å². The molecule has 0 unspecified atom stereocenters. The van der Waals surface area contributed by atoms with E-state index in [1.807, 2.05) is 6.07 Å². The first-order valence-electron chi connectivity index (χ1n) is 5.34. The molecule has 1 aliphatic carbocycles. The van der Waals surface area contributed by atoms with Crippen LogP contribution in [0.3, 0.4) is 0 Å². The van der Waals surface area contributed by atoms with Crippen LogP contribution in [0.2, 0.25) is 0 Å². The number of hydrogen-bond acceptors (Lipinski definition) is 1. The first-order chi connectivity index (χ1) is 7.27. The van der Waals surface area contributed by atoms with Crippen molar-refractivity contribution in [3.8, 4) is 0 Å². The highest BCUT2D eigenvalue weighted by molar-refractivity contribution is 5.30. The molecule has 3 heteroatoms. The van der Waals surface area contributed by atoms with Gasteiger partial charge in [-0.15, -0.1) is 0 Å². The minimum atomic E-state index is -0.299. The van der Waals surface area contributed by atoms with E-state index >= 15 is 0 Å². The molecule has 0 bridgehead atoms. The van der Waals surface area contributed by atoms with Crippen LogP contribution in [0.5, 0.6) is 0 Å². The predicted molar refractivity (Wildman–Crippen MR) is 55.9 cm³/mol. The molecule has 0 saturated heterocycles. The lowest BCUT2D eigenvalue weighted by Gasteiger charge is -2.17. The van der Waals surface area contributed by atoms with Crippen molar-refractivity contribution in [1.82, 2.24) is 5.32 Å². The Morgan fingerprint density at radius 1 is 1.33 bits per heavy atom. The molecule has 1 aromatic carbocycles. The summed E-state index contributed by atoms with van der Waals surface area (Å²) in [4.78, 5) is 0. The standard InChI is InChI=1S/C12H15F2N/c13-7-2-8-15-12(5-6-12)10-3-1-4-11(14)9-10/h1,3-4,9,15H,2,5-8H2. The predicted octanol–water partition coefficient (Wildman–Crippen LogP) is 2.76. The zero-order chi connectivity index (χ0) is 10.7. The number of nitrogens with one attached hydrogen (secondary N) is 1. The summed E-state index contributed by atoms with van der Waals surface area (Å²) in [5.74, 6) is -0.203. The van der Waals surface area contributed by atoms with Crippen molar-refractivity contribution < 1.29 is 8.78 Å². The molecule has 0 aliphatic heterocycles. The Morgan fingerprint density at radius 3 is 2.73 bits per heavy atom. The molecule has 0 heterocycles. The van der Waals surface area contributed by atoms with Crippen molar-refractivity contribution >= 4 is 0 Å². The van der Waals surface area contributed by atoms with Crippen molar-refractivity contribution in [2.45, 2.75) is 24.8 Å². The topological polar surface area (TPSA) is 12.0 Å². The first-order valence-corrected chi connectivity index (χ1v) is 5.34. The van der Waals surface area contributed by atoms with E-state index in [1.165, 1.54) is 6.07 Å². The number of halogens is 2. The quantitative estimate of drug-likeness (QED) is 0.738. The summed E-state index contributed by atoms with van der Waals surface area (Å²) in [7, 11) is 0. The second kappa shape index (κ2) is 4.27. The lowest BCUT2D eigenvalue weighted by atomic mass is 10.0. The van der Waals surface area contributed by atoms with Crippen molar-refractivity contribution in [3.05, 3.63) is 35.6 Å². The van der Waals surface area contributed by atoms with Gasteiger partial charge in [0.05, 0.1) is 6.67 Å². The Balaban J connectivity index is 2.02. The molecular formula is C12H15F2N. The van der Waals surface area contributed by atoms with E-state index in [-0.39, 0.29) is 18.0 Å². The Hall–Kier alpha value is -0.960. The lowest BCUT2D eigenvalue weighted by Crippen LogP contribution is -2.30. The van der Waals surface area contributed by atoms with Gasteiger partial charge in [0.25, 0.3) is 0 Å². The van der Waals surface area contributed by atoms with Gasteiger partial charge < -0.3 is 5.32 Å². The van der Waals surface area contributed by atoms with Gasteiger partial charge in [0.1, 0.15) is 5.82 Å². The van der Waals surface area contributed by atoms with Crippen LogP contribution in [0.4, 0.5) is 8.78 Å². The van der Waals surface area contributed by atoms with Crippen LogP contribution in [-0.2, 0) is 5.54 Å². The van der Waals surface area contributed by atoms with Crippen LogP contribution in [0, 0.1) is 5.82 Å². The molecule has 1 nitrogen and oxygen atoms in total. The SMILES string of the molecule is FCCCNC1(c2cccc(F)c2)CC1. The molecular weight excluding hydrogens is 196 g/mol. The van der Waals surface area contributed by atoms with E-state index in [2.05, 4.69) is 5.32 Å². The Morgan fingerprint density at radius 2 is 2.13 bits per heavy atom. The molecule has 0 amide bonds. The van der Waals surface area contributed by atoms with Crippen LogP contribution in [-0.4, -0.2) is 13.2 Å². The second-order valence-electron chi connectivity index (χ2n) is 4.06. The molecule has 1 aliphatic rings. The summed E-state index contributed by atoms with van der Waals surface area (Å²) in [6, 6.07) is 6.66. The summed E-state index contributed by atoms with van der Waals surface area (Å²) in [6.45, 7) is 0.360. The molecule has 0 aromatic heterocycles. The van der Waals surface area contributed by atoms with E-state index < -0.39 is 0 Å². The Bertz CT molecular complexity index is 334. The number of alkyl halides is 1. The third-order valence-corrected chi connectivity index (χ3v) is 2.90. The highest BCUT2D eigenvalue weighted by Crippen LogP contribution is 2.45. The molecule has 15 heavy (non-hydrogen) atoms. The average molecular weight is 211 g/mol. The normalized spacial score (nSPS) is 17.7. The third kappa shape index (κ3) is 2.34. The van der Waals surface area contributed by atoms with Gasteiger partial charge in [-0.3, -0.25) is 4.39 Å². The number of benzene rings is 1.